The zero-order valence-corrected chi connectivity index (χ0v) is 13.3. The lowest BCUT2D eigenvalue weighted by Gasteiger charge is -2.19. The molecule has 1 aromatic heterocycles. The second-order valence-corrected chi connectivity index (χ2v) is 6.42. The zero-order chi connectivity index (χ0) is 14.6. The van der Waals surface area contributed by atoms with Gasteiger partial charge in [-0.15, -0.1) is 0 Å². The average molecular weight is 265 g/mol. The molecule has 4 heteroatoms. The third kappa shape index (κ3) is 4.69. The van der Waals surface area contributed by atoms with Crippen LogP contribution in [0.2, 0.25) is 0 Å². The number of rotatable bonds is 5. The van der Waals surface area contributed by atoms with Gasteiger partial charge in [0, 0.05) is 13.0 Å². The average Bonchev–Trinajstić information content (AvgIpc) is 2.29. The first kappa shape index (κ1) is 15.7. The molecule has 0 amide bonds. The second-order valence-electron chi connectivity index (χ2n) is 6.42. The summed E-state index contributed by atoms with van der Waals surface area (Å²) in [4.78, 5) is 9.03. The van der Waals surface area contributed by atoms with Crippen LogP contribution >= 0.6 is 0 Å². The molecule has 0 radical (unpaired) electrons. The maximum atomic E-state index is 5.86. The normalized spacial score (nSPS) is 11.8. The van der Waals surface area contributed by atoms with Gasteiger partial charge in [-0.3, -0.25) is 0 Å². The molecule has 0 fully saturated rings. The summed E-state index contributed by atoms with van der Waals surface area (Å²) in [6, 6.07) is 0. The van der Waals surface area contributed by atoms with Crippen molar-refractivity contribution in [2.24, 2.45) is 5.41 Å². The van der Waals surface area contributed by atoms with E-state index in [1.165, 1.54) is 0 Å². The highest BCUT2D eigenvalue weighted by Gasteiger charge is 2.15. The van der Waals surface area contributed by atoms with Crippen molar-refractivity contribution < 1.29 is 4.74 Å². The molecule has 0 aromatic carbocycles. The summed E-state index contributed by atoms with van der Waals surface area (Å²) >= 11 is 0. The van der Waals surface area contributed by atoms with E-state index in [4.69, 9.17) is 4.74 Å². The van der Waals surface area contributed by atoms with Gasteiger partial charge in [-0.05, 0) is 18.8 Å². The molecule has 1 heterocycles. The van der Waals surface area contributed by atoms with E-state index >= 15 is 0 Å². The maximum absolute atomic E-state index is 5.86. The van der Waals surface area contributed by atoms with Crippen molar-refractivity contribution >= 4 is 5.82 Å². The third-order valence-electron chi connectivity index (χ3n) is 2.96. The SMILES string of the molecule is CNc1nc(C(C)C)nc(OCCC(C)(C)C)c1C. The fourth-order valence-electron chi connectivity index (χ4n) is 1.61. The fraction of sp³-hybridized carbons (Fsp3) is 0.733. The standard InChI is InChI=1S/C15H27N3O/c1-10(2)12-17-13(16-7)11(3)14(18-12)19-9-8-15(4,5)6/h10H,8-9H2,1-7H3,(H,16,17,18). The number of nitrogens with zero attached hydrogens (tertiary/aromatic N) is 2. The fourth-order valence-corrected chi connectivity index (χ4v) is 1.61. The van der Waals surface area contributed by atoms with Crippen LogP contribution in [-0.4, -0.2) is 23.6 Å². The van der Waals surface area contributed by atoms with E-state index in [9.17, 15) is 0 Å². The largest absolute Gasteiger partial charge is 0.477 e. The van der Waals surface area contributed by atoms with Crippen molar-refractivity contribution in [1.29, 1.82) is 0 Å². The van der Waals surface area contributed by atoms with Crippen LogP contribution in [0, 0.1) is 12.3 Å². The van der Waals surface area contributed by atoms with Gasteiger partial charge in [-0.1, -0.05) is 34.6 Å². The lowest BCUT2D eigenvalue weighted by Crippen LogP contribution is -2.13. The molecule has 0 aliphatic heterocycles. The van der Waals surface area contributed by atoms with E-state index < -0.39 is 0 Å². The summed E-state index contributed by atoms with van der Waals surface area (Å²) in [5, 5.41) is 3.11. The Kier molecular flexibility index (Phi) is 5.15. The second kappa shape index (κ2) is 6.22. The number of nitrogens with one attached hydrogen (secondary N) is 1. The minimum Gasteiger partial charge on any atom is -0.477 e. The monoisotopic (exact) mass is 265 g/mol. The predicted octanol–water partition coefficient (Wildman–Crippen LogP) is 3.77. The Bertz CT molecular complexity index is 422. The summed E-state index contributed by atoms with van der Waals surface area (Å²) < 4.78 is 5.86. The highest BCUT2D eigenvalue weighted by atomic mass is 16.5. The van der Waals surface area contributed by atoms with Gasteiger partial charge in [0.25, 0.3) is 0 Å². The number of hydrogen-bond donors (Lipinski definition) is 1. The molecule has 0 atom stereocenters. The summed E-state index contributed by atoms with van der Waals surface area (Å²) in [6.45, 7) is 13.5. The number of aromatic nitrogens is 2. The molecular formula is C15H27N3O. The molecule has 0 aliphatic carbocycles. The van der Waals surface area contributed by atoms with Gasteiger partial charge in [0.05, 0.1) is 12.2 Å². The highest BCUT2D eigenvalue weighted by Crippen LogP contribution is 2.26. The Labute approximate surface area is 117 Å². The Morgan fingerprint density at radius 3 is 2.32 bits per heavy atom. The highest BCUT2D eigenvalue weighted by molar-refractivity contribution is 5.48. The first-order valence-corrected chi connectivity index (χ1v) is 6.93. The van der Waals surface area contributed by atoms with E-state index in [-0.39, 0.29) is 11.3 Å². The molecule has 0 saturated carbocycles. The van der Waals surface area contributed by atoms with Crippen molar-refractivity contribution in [3.8, 4) is 5.88 Å². The van der Waals surface area contributed by atoms with E-state index in [1.54, 1.807) is 0 Å². The molecule has 19 heavy (non-hydrogen) atoms. The van der Waals surface area contributed by atoms with E-state index in [1.807, 2.05) is 14.0 Å². The summed E-state index contributed by atoms with van der Waals surface area (Å²) in [5.74, 6) is 2.66. The molecule has 0 unspecified atom stereocenters. The lowest BCUT2D eigenvalue weighted by molar-refractivity contribution is 0.234. The molecule has 0 spiro atoms. The van der Waals surface area contributed by atoms with Gasteiger partial charge in [-0.2, -0.15) is 4.98 Å². The summed E-state index contributed by atoms with van der Waals surface area (Å²) in [6.07, 6.45) is 1.00. The molecule has 108 valence electrons. The number of ether oxygens (including phenoxy) is 1. The topological polar surface area (TPSA) is 47.0 Å². The van der Waals surface area contributed by atoms with Crippen molar-refractivity contribution in [2.75, 3.05) is 19.0 Å². The van der Waals surface area contributed by atoms with Gasteiger partial charge in [0.15, 0.2) is 0 Å². The van der Waals surface area contributed by atoms with Crippen LogP contribution in [-0.2, 0) is 0 Å². The number of hydrogen-bond acceptors (Lipinski definition) is 4. The van der Waals surface area contributed by atoms with Gasteiger partial charge >= 0.3 is 0 Å². The van der Waals surface area contributed by atoms with Crippen molar-refractivity contribution in [3.63, 3.8) is 0 Å². The molecule has 1 rings (SSSR count). The van der Waals surface area contributed by atoms with Gasteiger partial charge < -0.3 is 10.1 Å². The molecule has 0 aliphatic rings. The Morgan fingerprint density at radius 1 is 1.21 bits per heavy atom. The van der Waals surface area contributed by atoms with Crippen LogP contribution in [0.15, 0.2) is 0 Å². The van der Waals surface area contributed by atoms with Gasteiger partial charge in [-0.25, -0.2) is 4.98 Å². The first-order valence-electron chi connectivity index (χ1n) is 6.93. The molecule has 4 nitrogen and oxygen atoms in total. The van der Waals surface area contributed by atoms with E-state index in [0.29, 0.717) is 12.5 Å². The third-order valence-corrected chi connectivity index (χ3v) is 2.96. The van der Waals surface area contributed by atoms with E-state index in [2.05, 4.69) is 49.9 Å². The Morgan fingerprint density at radius 2 is 1.84 bits per heavy atom. The lowest BCUT2D eigenvalue weighted by atomic mass is 9.93. The van der Waals surface area contributed by atoms with Crippen molar-refractivity contribution in [1.82, 2.24) is 9.97 Å². The van der Waals surface area contributed by atoms with Crippen LogP contribution in [0.1, 0.15) is 58.3 Å². The minimum atomic E-state index is 0.271. The summed E-state index contributed by atoms with van der Waals surface area (Å²) in [5.41, 5.74) is 1.24. The first-order chi connectivity index (χ1) is 8.74. The summed E-state index contributed by atoms with van der Waals surface area (Å²) in [7, 11) is 1.87. The van der Waals surface area contributed by atoms with E-state index in [0.717, 1.165) is 23.6 Å². The molecule has 0 saturated heterocycles. The van der Waals surface area contributed by atoms with Crippen LogP contribution < -0.4 is 10.1 Å². The Balaban J connectivity index is 2.89. The van der Waals surface area contributed by atoms with Gasteiger partial charge in [0.1, 0.15) is 11.6 Å². The van der Waals surface area contributed by atoms with Crippen LogP contribution in [0.4, 0.5) is 5.82 Å². The predicted molar refractivity (Wildman–Crippen MR) is 80.0 cm³/mol. The van der Waals surface area contributed by atoms with Crippen LogP contribution in [0.25, 0.3) is 0 Å². The van der Waals surface area contributed by atoms with Crippen molar-refractivity contribution in [3.05, 3.63) is 11.4 Å². The maximum Gasteiger partial charge on any atom is 0.221 e. The molecular weight excluding hydrogens is 238 g/mol. The molecule has 0 bridgehead atoms. The van der Waals surface area contributed by atoms with Gasteiger partial charge in [0.2, 0.25) is 5.88 Å². The minimum absolute atomic E-state index is 0.271. The smallest absolute Gasteiger partial charge is 0.221 e. The quantitative estimate of drug-likeness (QED) is 0.880. The van der Waals surface area contributed by atoms with Crippen LogP contribution in [0.3, 0.4) is 0 Å². The molecule has 1 aromatic rings. The van der Waals surface area contributed by atoms with Crippen molar-refractivity contribution in [2.45, 2.75) is 53.9 Å². The van der Waals surface area contributed by atoms with Crippen LogP contribution in [0.5, 0.6) is 5.88 Å². The molecule has 1 N–H and O–H groups in total. The zero-order valence-electron chi connectivity index (χ0n) is 13.3. The Hall–Kier alpha value is -1.32. The number of anilines is 1.